The molecule has 3 rings (SSSR count). The molecular formula is C16H15N3. The van der Waals surface area contributed by atoms with Gasteiger partial charge in [0.2, 0.25) is 0 Å². The Bertz CT molecular complexity index is 660. The zero-order valence-corrected chi connectivity index (χ0v) is 10.6. The van der Waals surface area contributed by atoms with E-state index in [4.69, 9.17) is 0 Å². The van der Waals surface area contributed by atoms with E-state index in [1.54, 1.807) is 0 Å². The van der Waals surface area contributed by atoms with Crippen molar-refractivity contribution in [1.29, 1.82) is 0 Å². The predicted molar refractivity (Wildman–Crippen MR) is 76.5 cm³/mol. The van der Waals surface area contributed by atoms with Crippen molar-refractivity contribution >= 4 is 10.8 Å². The quantitative estimate of drug-likeness (QED) is 0.772. The first-order chi connectivity index (χ1) is 9.43. The van der Waals surface area contributed by atoms with E-state index in [9.17, 15) is 0 Å². The number of benzene rings is 1. The Balaban J connectivity index is 1.72. The largest absolute Gasteiger partial charge is 0.309 e. The molecule has 3 heteroatoms. The molecular weight excluding hydrogens is 234 g/mol. The fourth-order valence-electron chi connectivity index (χ4n) is 2.19. The lowest BCUT2D eigenvalue weighted by molar-refractivity contribution is 0.696. The van der Waals surface area contributed by atoms with Crippen LogP contribution >= 0.6 is 0 Å². The van der Waals surface area contributed by atoms with Gasteiger partial charge in [0, 0.05) is 43.3 Å². The van der Waals surface area contributed by atoms with Gasteiger partial charge < -0.3 is 5.32 Å². The molecule has 0 saturated carbocycles. The van der Waals surface area contributed by atoms with Crippen molar-refractivity contribution in [2.75, 3.05) is 0 Å². The summed E-state index contributed by atoms with van der Waals surface area (Å²) in [6, 6.07) is 12.4. The number of hydrogen-bond acceptors (Lipinski definition) is 3. The highest BCUT2D eigenvalue weighted by atomic mass is 14.8. The Hall–Kier alpha value is -2.26. The van der Waals surface area contributed by atoms with Gasteiger partial charge in [0.1, 0.15) is 0 Å². The van der Waals surface area contributed by atoms with Crippen LogP contribution < -0.4 is 5.32 Å². The maximum atomic E-state index is 4.15. The Morgan fingerprint density at radius 3 is 2.58 bits per heavy atom. The summed E-state index contributed by atoms with van der Waals surface area (Å²) < 4.78 is 0. The molecule has 0 atom stereocenters. The van der Waals surface area contributed by atoms with E-state index in [-0.39, 0.29) is 0 Å². The van der Waals surface area contributed by atoms with E-state index < -0.39 is 0 Å². The van der Waals surface area contributed by atoms with Crippen LogP contribution in [0.2, 0.25) is 0 Å². The first-order valence-corrected chi connectivity index (χ1v) is 6.35. The number of fused-ring (bicyclic) bond motifs is 1. The zero-order chi connectivity index (χ0) is 12.9. The molecule has 0 spiro atoms. The number of nitrogens with one attached hydrogen (secondary N) is 1. The number of nitrogens with zero attached hydrogens (tertiary/aromatic N) is 2. The fraction of sp³-hybridized carbons (Fsp3) is 0.125. The van der Waals surface area contributed by atoms with Crippen LogP contribution in [0.4, 0.5) is 0 Å². The van der Waals surface area contributed by atoms with Crippen molar-refractivity contribution < 1.29 is 0 Å². The molecule has 1 N–H and O–H groups in total. The minimum Gasteiger partial charge on any atom is -0.309 e. The minimum atomic E-state index is 0.851. The van der Waals surface area contributed by atoms with Gasteiger partial charge in [0.05, 0.1) is 0 Å². The summed E-state index contributed by atoms with van der Waals surface area (Å²) in [5.41, 5.74) is 2.55. The first kappa shape index (κ1) is 11.8. The molecule has 2 heterocycles. The van der Waals surface area contributed by atoms with Crippen molar-refractivity contribution in [3.8, 4) is 0 Å². The third-order valence-corrected chi connectivity index (χ3v) is 3.16. The van der Waals surface area contributed by atoms with Gasteiger partial charge in [0.25, 0.3) is 0 Å². The summed E-state index contributed by atoms with van der Waals surface area (Å²) in [7, 11) is 0. The Labute approximate surface area is 112 Å². The normalized spacial score (nSPS) is 10.7. The third-order valence-electron chi connectivity index (χ3n) is 3.16. The lowest BCUT2D eigenvalue weighted by Gasteiger charge is -2.08. The van der Waals surface area contributed by atoms with Gasteiger partial charge in [-0.15, -0.1) is 0 Å². The Morgan fingerprint density at radius 1 is 0.842 bits per heavy atom. The molecule has 0 amide bonds. The van der Waals surface area contributed by atoms with Crippen LogP contribution in [0.1, 0.15) is 11.1 Å². The fourth-order valence-corrected chi connectivity index (χ4v) is 2.19. The zero-order valence-electron chi connectivity index (χ0n) is 10.6. The molecule has 0 unspecified atom stereocenters. The lowest BCUT2D eigenvalue weighted by Crippen LogP contribution is -2.12. The van der Waals surface area contributed by atoms with E-state index in [1.807, 2.05) is 36.9 Å². The molecule has 0 aliphatic heterocycles. The van der Waals surface area contributed by atoms with E-state index in [2.05, 4.69) is 39.6 Å². The molecule has 3 nitrogen and oxygen atoms in total. The molecule has 1 aromatic carbocycles. The maximum Gasteiger partial charge on any atom is 0.0346 e. The molecule has 0 radical (unpaired) electrons. The first-order valence-electron chi connectivity index (χ1n) is 6.35. The highest BCUT2D eigenvalue weighted by molar-refractivity contribution is 5.84. The smallest absolute Gasteiger partial charge is 0.0346 e. The van der Waals surface area contributed by atoms with E-state index in [1.165, 1.54) is 21.9 Å². The highest BCUT2D eigenvalue weighted by Gasteiger charge is 2.00. The van der Waals surface area contributed by atoms with Crippen LogP contribution in [0, 0.1) is 0 Å². The number of aromatic nitrogens is 2. The van der Waals surface area contributed by atoms with Gasteiger partial charge in [-0.2, -0.15) is 0 Å². The standard InChI is InChI=1S/C16H15N3/c1-2-14-11-18-9-6-16(14)15(3-1)12-19-10-13-4-7-17-8-5-13/h1-9,11,19H,10,12H2. The van der Waals surface area contributed by atoms with Crippen LogP contribution in [0.5, 0.6) is 0 Å². The van der Waals surface area contributed by atoms with Crippen LogP contribution in [0.3, 0.4) is 0 Å². The van der Waals surface area contributed by atoms with Crippen LogP contribution in [-0.4, -0.2) is 9.97 Å². The lowest BCUT2D eigenvalue weighted by atomic mass is 10.1. The van der Waals surface area contributed by atoms with Gasteiger partial charge >= 0.3 is 0 Å². The van der Waals surface area contributed by atoms with Crippen molar-refractivity contribution in [3.63, 3.8) is 0 Å². The molecule has 0 saturated heterocycles. The summed E-state index contributed by atoms with van der Waals surface area (Å²) in [6.45, 7) is 1.70. The number of hydrogen-bond donors (Lipinski definition) is 1. The molecule has 0 fully saturated rings. The Morgan fingerprint density at radius 2 is 1.68 bits per heavy atom. The van der Waals surface area contributed by atoms with Gasteiger partial charge in [-0.1, -0.05) is 18.2 Å². The van der Waals surface area contributed by atoms with Crippen LogP contribution in [0.25, 0.3) is 10.8 Å². The average Bonchev–Trinajstić information content (AvgIpc) is 2.49. The topological polar surface area (TPSA) is 37.8 Å². The van der Waals surface area contributed by atoms with Gasteiger partial charge in [-0.05, 0) is 34.7 Å². The van der Waals surface area contributed by atoms with Gasteiger partial charge in [-0.25, -0.2) is 0 Å². The van der Waals surface area contributed by atoms with Crippen molar-refractivity contribution in [2.24, 2.45) is 0 Å². The summed E-state index contributed by atoms with van der Waals surface area (Å²) in [5, 5.41) is 5.91. The average molecular weight is 249 g/mol. The summed E-state index contributed by atoms with van der Waals surface area (Å²) in [4.78, 5) is 8.17. The van der Waals surface area contributed by atoms with Crippen molar-refractivity contribution in [3.05, 3.63) is 72.3 Å². The second-order valence-electron chi connectivity index (χ2n) is 4.47. The van der Waals surface area contributed by atoms with E-state index >= 15 is 0 Å². The van der Waals surface area contributed by atoms with Gasteiger partial charge in [0.15, 0.2) is 0 Å². The number of rotatable bonds is 4. The maximum absolute atomic E-state index is 4.15. The van der Waals surface area contributed by atoms with E-state index in [0.717, 1.165) is 13.1 Å². The molecule has 0 aliphatic rings. The summed E-state index contributed by atoms with van der Waals surface area (Å²) in [6.07, 6.45) is 7.39. The molecule has 0 bridgehead atoms. The SMILES string of the molecule is c1cc(CNCc2ccncc2)c2ccncc2c1. The number of pyridine rings is 2. The minimum absolute atomic E-state index is 0.851. The summed E-state index contributed by atoms with van der Waals surface area (Å²) in [5.74, 6) is 0. The molecule has 19 heavy (non-hydrogen) atoms. The third kappa shape index (κ3) is 2.77. The molecule has 94 valence electrons. The van der Waals surface area contributed by atoms with E-state index in [0.29, 0.717) is 0 Å². The van der Waals surface area contributed by atoms with Crippen LogP contribution in [-0.2, 0) is 13.1 Å². The second-order valence-corrected chi connectivity index (χ2v) is 4.47. The van der Waals surface area contributed by atoms with Crippen molar-refractivity contribution in [1.82, 2.24) is 15.3 Å². The Kier molecular flexibility index (Phi) is 3.47. The van der Waals surface area contributed by atoms with Crippen LogP contribution in [0.15, 0.2) is 61.2 Å². The second kappa shape index (κ2) is 5.59. The predicted octanol–water partition coefficient (Wildman–Crippen LogP) is 2.92. The summed E-state index contributed by atoms with van der Waals surface area (Å²) >= 11 is 0. The highest BCUT2D eigenvalue weighted by Crippen LogP contribution is 2.17. The molecule has 0 aliphatic carbocycles. The molecule has 3 aromatic rings. The van der Waals surface area contributed by atoms with Gasteiger partial charge in [-0.3, -0.25) is 9.97 Å². The monoisotopic (exact) mass is 249 g/mol. The molecule has 2 aromatic heterocycles. The van der Waals surface area contributed by atoms with Crippen molar-refractivity contribution in [2.45, 2.75) is 13.1 Å².